The summed E-state index contributed by atoms with van der Waals surface area (Å²) in [5.41, 5.74) is 0. The molecule has 10 heteroatoms. The maximum absolute atomic E-state index is 11.6. The van der Waals surface area contributed by atoms with Crippen molar-refractivity contribution in [3.05, 3.63) is 12.2 Å². The second kappa shape index (κ2) is 7.68. The van der Waals surface area contributed by atoms with E-state index in [0.717, 1.165) is 4.90 Å². The largest absolute Gasteiger partial charge is 0.370 e. The Bertz CT molecular complexity index is 585. The lowest BCUT2D eigenvalue weighted by molar-refractivity contribution is -0.197. The lowest BCUT2D eigenvalue weighted by Crippen LogP contribution is -2.38. The van der Waals surface area contributed by atoms with Crippen molar-refractivity contribution in [2.24, 2.45) is 0 Å². The van der Waals surface area contributed by atoms with Crippen LogP contribution < -0.4 is 5.32 Å². The monoisotopic (exact) mass is 339 g/mol. The van der Waals surface area contributed by atoms with Crippen LogP contribution in [0.3, 0.4) is 0 Å². The van der Waals surface area contributed by atoms with E-state index in [1.807, 2.05) is 0 Å². The van der Waals surface area contributed by atoms with Gasteiger partial charge in [-0.25, -0.2) is 4.79 Å². The molecule has 0 saturated carbocycles. The van der Waals surface area contributed by atoms with Gasteiger partial charge in [0, 0.05) is 38.4 Å². The normalized spacial score (nSPS) is 20.0. The zero-order valence-corrected chi connectivity index (χ0v) is 12.8. The third kappa shape index (κ3) is 4.38. The summed E-state index contributed by atoms with van der Waals surface area (Å²) in [6.07, 6.45) is 1.28. The number of carbonyl (C=O) groups is 5. The van der Waals surface area contributed by atoms with Gasteiger partial charge in [-0.2, -0.15) is 0 Å². The highest BCUT2D eigenvalue weighted by molar-refractivity contribution is 6.01. The zero-order chi connectivity index (χ0) is 17.7. The molecule has 4 amide bonds. The average Bonchev–Trinajstić information content (AvgIpc) is 3.01. The van der Waals surface area contributed by atoms with Gasteiger partial charge in [0.15, 0.2) is 0 Å². The molecule has 2 aliphatic rings. The van der Waals surface area contributed by atoms with Gasteiger partial charge in [-0.1, -0.05) is 0 Å². The molecule has 24 heavy (non-hydrogen) atoms. The molecule has 10 nitrogen and oxygen atoms in total. The van der Waals surface area contributed by atoms with E-state index >= 15 is 0 Å². The van der Waals surface area contributed by atoms with Gasteiger partial charge < -0.3 is 20.2 Å². The second-order valence-corrected chi connectivity index (χ2v) is 5.20. The van der Waals surface area contributed by atoms with Gasteiger partial charge in [0.25, 0.3) is 11.8 Å². The van der Waals surface area contributed by atoms with Crippen LogP contribution in [0, 0.1) is 0 Å². The number of hydroxylamine groups is 2. The number of rotatable bonds is 7. The maximum atomic E-state index is 11.6. The number of aliphatic hydroxyl groups is 1. The lowest BCUT2D eigenvalue weighted by Gasteiger charge is -2.19. The average molecular weight is 339 g/mol. The molecule has 1 fully saturated rings. The summed E-state index contributed by atoms with van der Waals surface area (Å²) in [6.45, 7) is 0.00268. The van der Waals surface area contributed by atoms with Crippen LogP contribution in [-0.4, -0.2) is 64.0 Å². The first kappa shape index (κ1) is 17.6. The number of hydrogen-bond acceptors (Lipinski definition) is 7. The van der Waals surface area contributed by atoms with E-state index in [-0.39, 0.29) is 44.7 Å². The number of imide groups is 1. The second-order valence-electron chi connectivity index (χ2n) is 5.20. The smallest absolute Gasteiger partial charge is 0.334 e. The molecule has 1 unspecified atom stereocenters. The van der Waals surface area contributed by atoms with Gasteiger partial charge in [0.2, 0.25) is 11.8 Å². The van der Waals surface area contributed by atoms with Gasteiger partial charge in [0.1, 0.15) is 6.23 Å². The number of hydrogen-bond donors (Lipinski definition) is 2. The molecule has 2 N–H and O–H groups in total. The first-order chi connectivity index (χ1) is 11.4. The van der Waals surface area contributed by atoms with Gasteiger partial charge in [-0.15, -0.1) is 5.06 Å². The summed E-state index contributed by atoms with van der Waals surface area (Å²) in [5, 5.41) is 12.4. The van der Waals surface area contributed by atoms with E-state index < -0.39 is 29.9 Å². The summed E-state index contributed by atoms with van der Waals surface area (Å²) in [4.78, 5) is 62.8. The van der Waals surface area contributed by atoms with Crippen molar-refractivity contribution in [3.63, 3.8) is 0 Å². The molecule has 0 aromatic heterocycles. The van der Waals surface area contributed by atoms with Gasteiger partial charge in [0.05, 0.1) is 6.42 Å². The number of nitrogens with one attached hydrogen (secondary N) is 1. The van der Waals surface area contributed by atoms with E-state index in [2.05, 4.69) is 10.2 Å². The van der Waals surface area contributed by atoms with Gasteiger partial charge in [-0.3, -0.25) is 19.2 Å². The highest BCUT2D eigenvalue weighted by Gasteiger charge is 2.32. The highest BCUT2D eigenvalue weighted by atomic mass is 16.7. The Balaban J connectivity index is 1.62. The third-order valence-electron chi connectivity index (χ3n) is 3.44. The predicted octanol–water partition coefficient (Wildman–Crippen LogP) is -1.79. The molecule has 0 aromatic rings. The molecule has 1 saturated heterocycles. The molecular weight excluding hydrogens is 322 g/mol. The first-order valence-corrected chi connectivity index (χ1v) is 7.38. The number of carbonyl (C=O) groups excluding carboxylic acids is 5. The van der Waals surface area contributed by atoms with Crippen LogP contribution in [0.4, 0.5) is 0 Å². The van der Waals surface area contributed by atoms with Crippen molar-refractivity contribution in [1.29, 1.82) is 0 Å². The Labute approximate surface area is 137 Å². The van der Waals surface area contributed by atoms with Crippen LogP contribution in [0.15, 0.2) is 12.2 Å². The number of nitrogens with zero attached hydrogens (tertiary/aromatic N) is 2. The fraction of sp³-hybridized carbons (Fsp3) is 0.500. The van der Waals surface area contributed by atoms with Crippen molar-refractivity contribution in [2.75, 3.05) is 13.1 Å². The summed E-state index contributed by atoms with van der Waals surface area (Å²) < 4.78 is 0. The van der Waals surface area contributed by atoms with Crippen LogP contribution >= 0.6 is 0 Å². The summed E-state index contributed by atoms with van der Waals surface area (Å²) in [5.74, 6) is -2.74. The highest BCUT2D eigenvalue weighted by Crippen LogP contribution is 2.12. The molecule has 130 valence electrons. The van der Waals surface area contributed by atoms with Crippen LogP contribution in [0.5, 0.6) is 0 Å². The zero-order valence-electron chi connectivity index (χ0n) is 12.8. The minimum atomic E-state index is -1.03. The quantitative estimate of drug-likeness (QED) is 0.523. The summed E-state index contributed by atoms with van der Waals surface area (Å²) in [6, 6.07) is 0. The van der Waals surface area contributed by atoms with E-state index in [1.54, 1.807) is 0 Å². The van der Waals surface area contributed by atoms with E-state index in [0.29, 0.717) is 5.06 Å². The maximum Gasteiger partial charge on any atom is 0.334 e. The first-order valence-electron chi connectivity index (χ1n) is 7.38. The Hall–Kier alpha value is -2.75. The Kier molecular flexibility index (Phi) is 5.64. The number of aliphatic hydroxyl groups excluding tert-OH is 1. The van der Waals surface area contributed by atoms with Crippen LogP contribution in [0.1, 0.15) is 25.7 Å². The molecule has 0 aliphatic carbocycles. The Morgan fingerprint density at radius 1 is 1.21 bits per heavy atom. The van der Waals surface area contributed by atoms with Gasteiger partial charge >= 0.3 is 5.97 Å². The molecule has 2 rings (SSSR count). The molecule has 2 heterocycles. The molecule has 0 radical (unpaired) electrons. The third-order valence-corrected chi connectivity index (χ3v) is 3.44. The van der Waals surface area contributed by atoms with Crippen molar-refractivity contribution in [2.45, 2.75) is 31.9 Å². The SMILES string of the molecule is O=C(CCN1C(=O)C=CC1O)NCCC(=O)ON1C(=O)CCC1=O. The molecule has 0 bridgehead atoms. The molecular formula is C14H17N3O7. The molecule has 0 aromatic carbocycles. The van der Waals surface area contributed by atoms with Crippen LogP contribution in [-0.2, 0) is 28.8 Å². The van der Waals surface area contributed by atoms with Crippen LogP contribution in [0.25, 0.3) is 0 Å². The molecule has 0 spiro atoms. The van der Waals surface area contributed by atoms with E-state index in [1.165, 1.54) is 12.2 Å². The lowest BCUT2D eigenvalue weighted by atomic mass is 10.3. The fourth-order valence-corrected chi connectivity index (χ4v) is 2.16. The minimum absolute atomic E-state index is 0.0127. The summed E-state index contributed by atoms with van der Waals surface area (Å²) >= 11 is 0. The van der Waals surface area contributed by atoms with E-state index in [4.69, 9.17) is 0 Å². The van der Waals surface area contributed by atoms with Crippen LogP contribution in [0.2, 0.25) is 0 Å². The van der Waals surface area contributed by atoms with E-state index in [9.17, 15) is 29.1 Å². The van der Waals surface area contributed by atoms with Gasteiger partial charge in [-0.05, 0) is 6.08 Å². The van der Waals surface area contributed by atoms with Crippen molar-refractivity contribution in [1.82, 2.24) is 15.3 Å². The topological polar surface area (TPSA) is 133 Å². The Morgan fingerprint density at radius 3 is 2.46 bits per heavy atom. The van der Waals surface area contributed by atoms with Crippen molar-refractivity contribution in [3.8, 4) is 0 Å². The standard InChI is InChI=1S/C14H17N3O7/c18-9(6-8-16-10(19)1-2-11(16)20)15-7-5-14(23)24-17-12(21)3-4-13(17)22/h1-2,10,19H,3-8H2,(H,15,18). The summed E-state index contributed by atoms with van der Waals surface area (Å²) in [7, 11) is 0. The predicted molar refractivity (Wildman–Crippen MR) is 76.3 cm³/mol. The minimum Gasteiger partial charge on any atom is -0.370 e. The molecule has 1 atom stereocenters. The van der Waals surface area contributed by atoms with Crippen molar-refractivity contribution >= 4 is 29.6 Å². The fourth-order valence-electron chi connectivity index (χ4n) is 2.16. The van der Waals surface area contributed by atoms with Crippen molar-refractivity contribution < 1.29 is 33.9 Å². The Morgan fingerprint density at radius 2 is 1.88 bits per heavy atom. The molecule has 2 aliphatic heterocycles. The number of amides is 4.